The molecule has 0 unspecified atom stereocenters. The third-order valence-electron chi connectivity index (χ3n) is 7.06. The fourth-order valence-corrected chi connectivity index (χ4v) is 4.82. The average molecular weight is 533 g/mol. The second kappa shape index (κ2) is 18.9. The number of aromatic amines is 1. The van der Waals surface area contributed by atoms with E-state index in [1.54, 1.807) is 14.2 Å². The second-order valence-corrected chi connectivity index (χ2v) is 10.1. The van der Waals surface area contributed by atoms with Crippen molar-refractivity contribution in [3.8, 4) is 0 Å². The van der Waals surface area contributed by atoms with Crippen molar-refractivity contribution >= 4 is 28.5 Å². The van der Waals surface area contributed by atoms with Crippen LogP contribution in [0.5, 0.6) is 0 Å². The molecule has 1 aliphatic carbocycles. The van der Waals surface area contributed by atoms with E-state index in [0.717, 1.165) is 47.9 Å². The zero-order valence-corrected chi connectivity index (χ0v) is 24.6. The number of hydrogen-bond donors (Lipinski definition) is 2. The van der Waals surface area contributed by atoms with Crippen LogP contribution in [0.25, 0.3) is 11.0 Å². The van der Waals surface area contributed by atoms with Gasteiger partial charge in [-0.15, -0.1) is 0 Å². The van der Waals surface area contributed by atoms with Crippen molar-refractivity contribution in [1.82, 2.24) is 9.97 Å². The van der Waals surface area contributed by atoms with Gasteiger partial charge in [0.25, 0.3) is 0 Å². The van der Waals surface area contributed by atoms with Crippen LogP contribution in [-0.4, -0.2) is 63.2 Å². The first kappa shape index (κ1) is 31.9. The van der Waals surface area contributed by atoms with Gasteiger partial charge in [0.1, 0.15) is 12.4 Å². The summed E-state index contributed by atoms with van der Waals surface area (Å²) in [5, 5.41) is 2.92. The lowest BCUT2D eigenvalue weighted by Crippen LogP contribution is -2.22. The normalized spacial score (nSPS) is 15.4. The first-order valence-electron chi connectivity index (χ1n) is 14.8. The number of nitrogens with one attached hydrogen (secondary N) is 2. The number of ether oxygens (including phenoxy) is 3. The smallest absolute Gasteiger partial charge is 0.411 e. The Morgan fingerprint density at radius 3 is 2.21 bits per heavy atom. The molecule has 2 aliphatic rings. The van der Waals surface area contributed by atoms with Gasteiger partial charge < -0.3 is 24.1 Å². The van der Waals surface area contributed by atoms with Crippen molar-refractivity contribution in [2.75, 3.05) is 57.3 Å². The highest BCUT2D eigenvalue weighted by Crippen LogP contribution is 2.36. The van der Waals surface area contributed by atoms with Crippen LogP contribution >= 0.6 is 0 Å². The van der Waals surface area contributed by atoms with Crippen molar-refractivity contribution < 1.29 is 19.0 Å². The summed E-state index contributed by atoms with van der Waals surface area (Å²) < 4.78 is 14.7. The molecule has 1 saturated heterocycles. The van der Waals surface area contributed by atoms with E-state index in [1.807, 2.05) is 13.0 Å². The standard InChI is InChI=1S/C21H30N4O3.C6H14.C3H8O/c1-27-11-12-28-21(26)24-18-13-16-17(14-19(18)25-9-5-6-10-25)23-20(22-16)15-7-3-2-4-8-15;1-3-5-6-4-2;1-3-4-2/h13-15H,2-12H2,1H3,(H,22,23)(H,24,26);3-6H2,1-2H3;3H2,1-2H3. The van der Waals surface area contributed by atoms with Gasteiger partial charge in [-0.2, -0.15) is 0 Å². The maximum Gasteiger partial charge on any atom is 0.411 e. The lowest BCUT2D eigenvalue weighted by atomic mass is 9.89. The fraction of sp³-hybridized carbons (Fsp3) is 0.733. The molecule has 1 saturated carbocycles. The Kier molecular flexibility index (Phi) is 15.8. The molecule has 8 heteroatoms. The van der Waals surface area contributed by atoms with E-state index in [2.05, 4.69) is 39.9 Å². The van der Waals surface area contributed by atoms with E-state index < -0.39 is 6.09 Å². The maximum absolute atomic E-state index is 12.2. The number of unbranched alkanes of at least 4 members (excludes halogenated alkanes) is 3. The minimum atomic E-state index is -0.455. The third-order valence-corrected chi connectivity index (χ3v) is 7.06. The summed E-state index contributed by atoms with van der Waals surface area (Å²) in [6.45, 7) is 9.86. The van der Waals surface area contributed by atoms with Crippen LogP contribution in [-0.2, 0) is 14.2 Å². The van der Waals surface area contributed by atoms with Crippen molar-refractivity contribution in [3.05, 3.63) is 18.0 Å². The van der Waals surface area contributed by atoms with Gasteiger partial charge in [-0.3, -0.25) is 5.32 Å². The second-order valence-electron chi connectivity index (χ2n) is 10.1. The minimum Gasteiger partial charge on any atom is -0.447 e. The van der Waals surface area contributed by atoms with Crippen LogP contribution in [0.4, 0.5) is 16.2 Å². The van der Waals surface area contributed by atoms with Gasteiger partial charge in [0, 0.05) is 39.8 Å². The third kappa shape index (κ3) is 10.8. The fourth-order valence-electron chi connectivity index (χ4n) is 4.82. The molecule has 2 fully saturated rings. The van der Waals surface area contributed by atoms with Crippen molar-refractivity contribution in [3.63, 3.8) is 0 Å². The van der Waals surface area contributed by atoms with Crippen LogP contribution in [0, 0.1) is 0 Å². The van der Waals surface area contributed by atoms with Crippen LogP contribution in [0.15, 0.2) is 12.1 Å². The summed E-state index contributed by atoms with van der Waals surface area (Å²) in [6, 6.07) is 4.11. The average Bonchev–Trinajstić information content (AvgIpc) is 3.63. The molecule has 0 atom stereocenters. The zero-order valence-electron chi connectivity index (χ0n) is 24.6. The quantitative estimate of drug-likeness (QED) is 0.306. The van der Waals surface area contributed by atoms with Gasteiger partial charge in [-0.1, -0.05) is 58.8 Å². The summed E-state index contributed by atoms with van der Waals surface area (Å²) in [6.07, 6.45) is 13.7. The Morgan fingerprint density at radius 1 is 0.974 bits per heavy atom. The molecule has 8 nitrogen and oxygen atoms in total. The number of amides is 1. The van der Waals surface area contributed by atoms with Gasteiger partial charge >= 0.3 is 6.09 Å². The molecule has 2 aromatic rings. The van der Waals surface area contributed by atoms with E-state index >= 15 is 0 Å². The molecule has 0 spiro atoms. The molecular weight excluding hydrogens is 480 g/mol. The maximum atomic E-state index is 12.2. The summed E-state index contributed by atoms with van der Waals surface area (Å²) >= 11 is 0. The Balaban J connectivity index is 0.000000435. The minimum absolute atomic E-state index is 0.236. The van der Waals surface area contributed by atoms with Gasteiger partial charge in [0.05, 0.1) is 29.0 Å². The highest BCUT2D eigenvalue weighted by molar-refractivity contribution is 5.95. The number of aromatic nitrogens is 2. The topological polar surface area (TPSA) is 88.7 Å². The molecule has 1 aliphatic heterocycles. The summed E-state index contributed by atoms with van der Waals surface area (Å²) in [5.74, 6) is 1.61. The Labute approximate surface area is 230 Å². The zero-order chi connectivity index (χ0) is 27.6. The number of imidazole rings is 1. The molecule has 1 aromatic heterocycles. The number of hydrogen-bond acceptors (Lipinski definition) is 6. The van der Waals surface area contributed by atoms with Crippen molar-refractivity contribution in [2.45, 2.75) is 97.3 Å². The van der Waals surface area contributed by atoms with E-state index in [9.17, 15) is 4.79 Å². The Hall–Kier alpha value is -2.32. The van der Waals surface area contributed by atoms with E-state index in [0.29, 0.717) is 12.5 Å². The van der Waals surface area contributed by atoms with Crippen molar-refractivity contribution in [2.24, 2.45) is 0 Å². The summed E-state index contributed by atoms with van der Waals surface area (Å²) in [4.78, 5) is 22.9. The van der Waals surface area contributed by atoms with E-state index in [1.165, 1.54) is 70.6 Å². The predicted molar refractivity (Wildman–Crippen MR) is 158 cm³/mol. The highest BCUT2D eigenvalue weighted by atomic mass is 16.6. The summed E-state index contributed by atoms with van der Waals surface area (Å²) in [5.41, 5.74) is 3.74. The number of anilines is 2. The van der Waals surface area contributed by atoms with Crippen LogP contribution in [0.3, 0.4) is 0 Å². The van der Waals surface area contributed by atoms with Gasteiger partial charge in [-0.05, 0) is 44.7 Å². The number of nitrogens with zero attached hydrogens (tertiary/aromatic N) is 2. The van der Waals surface area contributed by atoms with Crippen molar-refractivity contribution in [1.29, 1.82) is 0 Å². The molecule has 4 rings (SSSR count). The molecule has 2 heterocycles. The molecule has 38 heavy (non-hydrogen) atoms. The number of carbonyl (C=O) groups excluding carboxylic acids is 1. The van der Waals surface area contributed by atoms with Gasteiger partial charge in [-0.25, -0.2) is 9.78 Å². The summed E-state index contributed by atoms with van der Waals surface area (Å²) in [7, 11) is 3.27. The number of H-pyrrole nitrogens is 1. The molecule has 216 valence electrons. The van der Waals surface area contributed by atoms with Gasteiger partial charge in [0.2, 0.25) is 0 Å². The SMILES string of the molecule is CCCCCC.CCOC.COCCOC(=O)Nc1cc2[nH]c(C3CCCCC3)nc2cc1N1CCCC1. The van der Waals surface area contributed by atoms with Crippen LogP contribution in [0.1, 0.15) is 103 Å². The number of methoxy groups -OCH3 is 2. The first-order valence-corrected chi connectivity index (χ1v) is 14.8. The number of carbonyl (C=O) groups is 1. The molecule has 2 N–H and O–H groups in total. The monoisotopic (exact) mass is 532 g/mol. The predicted octanol–water partition coefficient (Wildman–Crippen LogP) is 7.65. The number of rotatable bonds is 10. The molecule has 0 bridgehead atoms. The lowest BCUT2D eigenvalue weighted by Gasteiger charge is -2.21. The largest absolute Gasteiger partial charge is 0.447 e. The van der Waals surface area contributed by atoms with E-state index in [-0.39, 0.29) is 6.61 Å². The molecular formula is C30H52N4O4. The number of benzene rings is 1. The van der Waals surface area contributed by atoms with Crippen LogP contribution in [0.2, 0.25) is 0 Å². The van der Waals surface area contributed by atoms with E-state index in [4.69, 9.17) is 14.5 Å². The number of fused-ring (bicyclic) bond motifs is 1. The van der Waals surface area contributed by atoms with Crippen LogP contribution < -0.4 is 10.2 Å². The first-order chi connectivity index (χ1) is 18.6. The Morgan fingerprint density at radius 2 is 1.63 bits per heavy atom. The van der Waals surface area contributed by atoms with Gasteiger partial charge in [0.15, 0.2) is 0 Å². The lowest BCUT2D eigenvalue weighted by molar-refractivity contribution is 0.107. The highest BCUT2D eigenvalue weighted by Gasteiger charge is 2.22. The molecule has 0 radical (unpaired) electrons. The molecule has 1 amide bonds. The Bertz CT molecular complexity index is 899. The molecule has 1 aromatic carbocycles.